The van der Waals surface area contributed by atoms with Crippen molar-refractivity contribution < 1.29 is 8.42 Å². The predicted molar refractivity (Wildman–Crippen MR) is 57.3 cm³/mol. The summed E-state index contributed by atoms with van der Waals surface area (Å²) in [5.41, 5.74) is 4.99. The Labute approximate surface area is 90.7 Å². The zero-order valence-corrected chi connectivity index (χ0v) is 9.84. The highest BCUT2D eigenvalue weighted by atomic mass is 32.2. The topological polar surface area (TPSA) is 96.0 Å². The fourth-order valence-corrected chi connectivity index (χ4v) is 2.71. The van der Waals surface area contributed by atoms with Crippen LogP contribution in [0.2, 0.25) is 0 Å². The van der Waals surface area contributed by atoms with Gasteiger partial charge in [0, 0.05) is 12.1 Å². The van der Waals surface area contributed by atoms with Crippen LogP contribution in [0.15, 0.2) is 0 Å². The number of sulfonamides is 1. The van der Waals surface area contributed by atoms with Crippen LogP contribution in [0.3, 0.4) is 0 Å². The van der Waals surface area contributed by atoms with Crippen LogP contribution >= 0.6 is 0 Å². The second-order valence-corrected chi connectivity index (χ2v) is 6.32. The summed E-state index contributed by atoms with van der Waals surface area (Å²) in [5, 5.41) is 7.55. The van der Waals surface area contributed by atoms with Crippen molar-refractivity contribution in [3.05, 3.63) is 0 Å². The highest BCUT2D eigenvalue weighted by molar-refractivity contribution is 7.90. The average Bonchev–Trinajstić information content (AvgIpc) is 2.98. The molecule has 2 atom stereocenters. The van der Waals surface area contributed by atoms with Gasteiger partial charge in [0.25, 0.3) is 0 Å². The molecule has 1 fully saturated rings. The van der Waals surface area contributed by atoms with Gasteiger partial charge in [-0.25, -0.2) is 13.1 Å². The van der Waals surface area contributed by atoms with Gasteiger partial charge in [0.05, 0.1) is 6.07 Å². The maximum atomic E-state index is 11.7. The highest BCUT2D eigenvalue weighted by Gasteiger charge is 2.43. The van der Waals surface area contributed by atoms with Gasteiger partial charge in [0.15, 0.2) is 5.25 Å². The monoisotopic (exact) mass is 231 g/mol. The van der Waals surface area contributed by atoms with Crippen molar-refractivity contribution >= 4 is 10.0 Å². The number of nitrogens with zero attached hydrogens (tertiary/aromatic N) is 1. The van der Waals surface area contributed by atoms with Crippen LogP contribution in [0.4, 0.5) is 0 Å². The number of nitriles is 1. The van der Waals surface area contributed by atoms with Gasteiger partial charge in [0.1, 0.15) is 0 Å². The second-order valence-electron chi connectivity index (χ2n) is 4.31. The third-order valence-electron chi connectivity index (χ3n) is 2.93. The van der Waals surface area contributed by atoms with Gasteiger partial charge in [-0.2, -0.15) is 5.26 Å². The van der Waals surface area contributed by atoms with Crippen LogP contribution in [0.25, 0.3) is 0 Å². The minimum atomic E-state index is -3.58. The maximum absolute atomic E-state index is 11.7. The summed E-state index contributed by atoms with van der Waals surface area (Å²) in [6.45, 7) is 3.42. The van der Waals surface area contributed by atoms with E-state index in [0.717, 1.165) is 12.8 Å². The lowest BCUT2D eigenvalue weighted by Gasteiger charge is -2.29. The van der Waals surface area contributed by atoms with E-state index in [1.807, 2.05) is 0 Å². The second kappa shape index (κ2) is 4.08. The summed E-state index contributed by atoms with van der Waals surface area (Å²) in [5.74, 6) is 0.308. The zero-order valence-electron chi connectivity index (χ0n) is 9.03. The minimum Gasteiger partial charge on any atom is -0.329 e. The lowest BCUT2D eigenvalue weighted by atomic mass is 9.98. The zero-order chi connectivity index (χ0) is 11.7. The van der Waals surface area contributed by atoms with Gasteiger partial charge < -0.3 is 5.73 Å². The molecule has 1 aliphatic rings. The predicted octanol–water partition coefficient (Wildman–Crippen LogP) is -0.0547. The lowest BCUT2D eigenvalue weighted by Crippen LogP contribution is -2.54. The van der Waals surface area contributed by atoms with E-state index in [-0.39, 0.29) is 6.54 Å². The fourth-order valence-electron chi connectivity index (χ4n) is 1.49. The first kappa shape index (κ1) is 12.4. The first-order chi connectivity index (χ1) is 6.85. The normalized spacial score (nSPS) is 22.8. The van der Waals surface area contributed by atoms with Crippen molar-refractivity contribution in [2.45, 2.75) is 37.5 Å². The Morgan fingerprint density at radius 3 is 2.53 bits per heavy atom. The summed E-state index contributed by atoms with van der Waals surface area (Å²) < 4.78 is 25.9. The molecule has 1 aliphatic carbocycles. The van der Waals surface area contributed by atoms with Gasteiger partial charge in [-0.05, 0) is 32.6 Å². The van der Waals surface area contributed by atoms with Crippen molar-refractivity contribution in [3.8, 4) is 6.07 Å². The van der Waals surface area contributed by atoms with Crippen LogP contribution in [0, 0.1) is 17.2 Å². The Hall–Kier alpha value is -0.640. The van der Waals surface area contributed by atoms with E-state index in [4.69, 9.17) is 11.0 Å². The molecule has 15 heavy (non-hydrogen) atoms. The first-order valence-corrected chi connectivity index (χ1v) is 6.53. The molecule has 0 aliphatic heterocycles. The lowest BCUT2D eigenvalue weighted by molar-refractivity contribution is 0.373. The number of hydrogen-bond donors (Lipinski definition) is 2. The molecule has 5 nitrogen and oxygen atoms in total. The Morgan fingerprint density at radius 2 is 2.20 bits per heavy atom. The molecule has 0 aromatic carbocycles. The third kappa shape index (κ3) is 2.68. The molecule has 0 aromatic heterocycles. The molecule has 86 valence electrons. The molecule has 0 aromatic rings. The van der Waals surface area contributed by atoms with E-state index in [2.05, 4.69) is 4.72 Å². The first-order valence-electron chi connectivity index (χ1n) is 4.98. The Kier molecular flexibility index (Phi) is 3.38. The summed E-state index contributed by atoms with van der Waals surface area (Å²) in [7, 11) is -3.58. The SMILES string of the molecule is CC(C#N)S(=O)(=O)NC(C)(CN)C1CC1. The van der Waals surface area contributed by atoms with Gasteiger partial charge in [0.2, 0.25) is 10.0 Å². The van der Waals surface area contributed by atoms with Gasteiger partial charge >= 0.3 is 0 Å². The van der Waals surface area contributed by atoms with E-state index in [1.165, 1.54) is 6.92 Å². The van der Waals surface area contributed by atoms with E-state index in [1.54, 1.807) is 13.0 Å². The number of nitrogens with one attached hydrogen (secondary N) is 1. The molecule has 2 unspecified atom stereocenters. The van der Waals surface area contributed by atoms with Gasteiger partial charge in [-0.15, -0.1) is 0 Å². The Morgan fingerprint density at radius 1 is 1.67 bits per heavy atom. The van der Waals surface area contributed by atoms with Crippen LogP contribution in [-0.2, 0) is 10.0 Å². The largest absolute Gasteiger partial charge is 0.329 e. The summed E-state index contributed by atoms with van der Waals surface area (Å²) in [6.07, 6.45) is 1.99. The standard InChI is InChI=1S/C9H17N3O2S/c1-7(5-10)15(13,14)12-9(2,6-11)8-3-4-8/h7-8,12H,3-4,6,11H2,1-2H3. The molecule has 0 heterocycles. The van der Waals surface area contributed by atoms with Crippen LogP contribution in [-0.4, -0.2) is 25.8 Å². The molecule has 1 saturated carbocycles. The number of rotatable bonds is 5. The summed E-state index contributed by atoms with van der Waals surface area (Å²) in [6, 6.07) is 1.72. The van der Waals surface area contributed by atoms with Crippen LogP contribution in [0.5, 0.6) is 0 Å². The smallest absolute Gasteiger partial charge is 0.228 e. The molecular weight excluding hydrogens is 214 g/mol. The number of nitrogens with two attached hydrogens (primary N) is 1. The van der Waals surface area contributed by atoms with Gasteiger partial charge in [-0.1, -0.05) is 0 Å². The van der Waals surface area contributed by atoms with Crippen molar-refractivity contribution in [1.29, 1.82) is 5.26 Å². The van der Waals surface area contributed by atoms with Crippen molar-refractivity contribution in [2.24, 2.45) is 11.7 Å². The van der Waals surface area contributed by atoms with Gasteiger partial charge in [-0.3, -0.25) is 0 Å². The molecule has 3 N–H and O–H groups in total. The molecule has 0 spiro atoms. The molecule has 0 amide bonds. The van der Waals surface area contributed by atoms with Crippen LogP contribution in [0.1, 0.15) is 26.7 Å². The Balaban J connectivity index is 2.80. The summed E-state index contributed by atoms with van der Waals surface area (Å²) in [4.78, 5) is 0. The Bertz CT molecular complexity index is 369. The van der Waals surface area contributed by atoms with E-state index >= 15 is 0 Å². The molecule has 0 radical (unpaired) electrons. The van der Waals surface area contributed by atoms with Crippen molar-refractivity contribution in [2.75, 3.05) is 6.54 Å². The molecule has 0 bridgehead atoms. The van der Waals surface area contributed by atoms with E-state index in [9.17, 15) is 8.42 Å². The number of hydrogen-bond acceptors (Lipinski definition) is 4. The van der Waals surface area contributed by atoms with E-state index < -0.39 is 20.8 Å². The molecule has 0 saturated heterocycles. The quantitative estimate of drug-likeness (QED) is 0.693. The fraction of sp³-hybridized carbons (Fsp3) is 0.889. The molecule has 1 rings (SSSR count). The molecular formula is C9H17N3O2S. The van der Waals surface area contributed by atoms with Crippen molar-refractivity contribution in [3.63, 3.8) is 0 Å². The highest BCUT2D eigenvalue weighted by Crippen LogP contribution is 2.39. The average molecular weight is 231 g/mol. The third-order valence-corrected chi connectivity index (χ3v) is 4.71. The van der Waals surface area contributed by atoms with Crippen molar-refractivity contribution in [1.82, 2.24) is 4.72 Å². The molecule has 6 heteroatoms. The minimum absolute atomic E-state index is 0.259. The maximum Gasteiger partial charge on any atom is 0.228 e. The summed E-state index contributed by atoms with van der Waals surface area (Å²) >= 11 is 0. The van der Waals surface area contributed by atoms with E-state index in [0.29, 0.717) is 5.92 Å². The van der Waals surface area contributed by atoms with Crippen LogP contribution < -0.4 is 10.5 Å².